The zero-order valence-corrected chi connectivity index (χ0v) is 9.51. The van der Waals surface area contributed by atoms with Gasteiger partial charge in [-0.3, -0.25) is 9.36 Å². The van der Waals surface area contributed by atoms with Gasteiger partial charge in [-0.05, 0) is 19.1 Å². The summed E-state index contributed by atoms with van der Waals surface area (Å²) in [5.74, 6) is 0. The Morgan fingerprint density at radius 1 is 1.40 bits per heavy atom. The Kier molecular flexibility index (Phi) is 2.67. The molecule has 0 aliphatic carbocycles. The lowest BCUT2D eigenvalue weighted by Crippen LogP contribution is -2.19. The van der Waals surface area contributed by atoms with Crippen LogP contribution in [0.2, 0.25) is 10.0 Å². The topological polar surface area (TPSA) is 34.9 Å². The predicted octanol–water partition coefficient (Wildman–Crippen LogP) is 2.72. The summed E-state index contributed by atoms with van der Waals surface area (Å²) < 4.78 is 1.52. The van der Waals surface area contributed by atoms with Crippen LogP contribution in [0, 0.1) is 0 Å². The molecular formula is C10H8Cl2N2O. The summed E-state index contributed by atoms with van der Waals surface area (Å²) in [5.41, 5.74) is 0.361. The van der Waals surface area contributed by atoms with Gasteiger partial charge >= 0.3 is 0 Å². The van der Waals surface area contributed by atoms with Crippen LogP contribution in [0.3, 0.4) is 0 Å². The molecule has 0 aliphatic rings. The predicted molar refractivity (Wildman–Crippen MR) is 61.7 cm³/mol. The van der Waals surface area contributed by atoms with Crippen molar-refractivity contribution < 1.29 is 0 Å². The molecule has 0 aliphatic heterocycles. The zero-order valence-electron chi connectivity index (χ0n) is 8.00. The molecule has 78 valence electrons. The summed E-state index contributed by atoms with van der Waals surface area (Å²) in [5, 5.41) is 1.23. The number of aromatic nitrogens is 2. The van der Waals surface area contributed by atoms with Crippen molar-refractivity contribution in [2.75, 3.05) is 0 Å². The van der Waals surface area contributed by atoms with Gasteiger partial charge in [0, 0.05) is 6.54 Å². The van der Waals surface area contributed by atoms with E-state index >= 15 is 0 Å². The smallest absolute Gasteiger partial charge is 0.261 e. The van der Waals surface area contributed by atoms with E-state index in [0.29, 0.717) is 27.5 Å². The maximum Gasteiger partial charge on any atom is 0.261 e. The Morgan fingerprint density at radius 2 is 2.13 bits per heavy atom. The summed E-state index contributed by atoms with van der Waals surface area (Å²) in [6.07, 6.45) is 1.48. The van der Waals surface area contributed by atoms with Crippen LogP contribution in [0.15, 0.2) is 23.3 Å². The van der Waals surface area contributed by atoms with Gasteiger partial charge in [0.05, 0.1) is 27.3 Å². The highest BCUT2D eigenvalue weighted by molar-refractivity contribution is 6.44. The average molecular weight is 243 g/mol. The summed E-state index contributed by atoms with van der Waals surface area (Å²) >= 11 is 11.8. The molecule has 3 nitrogen and oxygen atoms in total. The summed E-state index contributed by atoms with van der Waals surface area (Å²) in [4.78, 5) is 16.0. The Bertz CT molecular complexity index is 577. The molecular weight excluding hydrogens is 235 g/mol. The molecule has 0 unspecified atom stereocenters. The molecule has 1 aromatic heterocycles. The average Bonchev–Trinajstić information content (AvgIpc) is 2.24. The summed E-state index contributed by atoms with van der Waals surface area (Å²) in [6.45, 7) is 2.47. The number of nitrogens with zero attached hydrogens (tertiary/aromatic N) is 2. The van der Waals surface area contributed by atoms with E-state index in [-0.39, 0.29) is 5.56 Å². The molecule has 0 amide bonds. The number of benzene rings is 1. The highest BCUT2D eigenvalue weighted by atomic mass is 35.5. The second-order valence-corrected chi connectivity index (χ2v) is 3.88. The van der Waals surface area contributed by atoms with E-state index in [0.717, 1.165) is 0 Å². The van der Waals surface area contributed by atoms with Crippen LogP contribution >= 0.6 is 23.2 Å². The van der Waals surface area contributed by atoms with Crippen molar-refractivity contribution in [1.82, 2.24) is 9.55 Å². The van der Waals surface area contributed by atoms with E-state index in [1.807, 2.05) is 6.92 Å². The van der Waals surface area contributed by atoms with Crippen molar-refractivity contribution in [2.45, 2.75) is 13.5 Å². The molecule has 0 saturated heterocycles. The van der Waals surface area contributed by atoms with Crippen LogP contribution in [0.25, 0.3) is 10.9 Å². The number of halogens is 2. The van der Waals surface area contributed by atoms with Crippen LogP contribution in [-0.2, 0) is 6.54 Å². The molecule has 0 fully saturated rings. The molecule has 5 heteroatoms. The molecule has 0 bridgehead atoms. The number of hydrogen-bond donors (Lipinski definition) is 0. The van der Waals surface area contributed by atoms with Crippen molar-refractivity contribution in [3.63, 3.8) is 0 Å². The van der Waals surface area contributed by atoms with Crippen LogP contribution in [-0.4, -0.2) is 9.55 Å². The lowest BCUT2D eigenvalue weighted by Gasteiger charge is -2.04. The van der Waals surface area contributed by atoms with Gasteiger partial charge in [-0.1, -0.05) is 23.2 Å². The molecule has 15 heavy (non-hydrogen) atoms. The van der Waals surface area contributed by atoms with Gasteiger partial charge in [-0.2, -0.15) is 0 Å². The minimum Gasteiger partial charge on any atom is -0.299 e. The number of rotatable bonds is 1. The van der Waals surface area contributed by atoms with Crippen LogP contribution in [0.1, 0.15) is 6.92 Å². The number of fused-ring (bicyclic) bond motifs is 1. The van der Waals surface area contributed by atoms with Gasteiger partial charge in [0.15, 0.2) is 0 Å². The number of hydrogen-bond acceptors (Lipinski definition) is 2. The minimum atomic E-state index is -0.0962. The van der Waals surface area contributed by atoms with Crippen molar-refractivity contribution in [1.29, 1.82) is 0 Å². The second-order valence-electron chi connectivity index (χ2n) is 3.09. The third kappa shape index (κ3) is 1.62. The Hall–Kier alpha value is -1.06. The van der Waals surface area contributed by atoms with Gasteiger partial charge in [0.25, 0.3) is 5.56 Å². The van der Waals surface area contributed by atoms with Crippen LogP contribution in [0.5, 0.6) is 0 Å². The minimum absolute atomic E-state index is 0.0962. The van der Waals surface area contributed by atoms with Gasteiger partial charge in [-0.15, -0.1) is 0 Å². The van der Waals surface area contributed by atoms with Crippen LogP contribution in [0.4, 0.5) is 0 Å². The molecule has 0 spiro atoms. The van der Waals surface area contributed by atoms with E-state index in [1.54, 1.807) is 12.1 Å². The van der Waals surface area contributed by atoms with E-state index in [9.17, 15) is 4.79 Å². The van der Waals surface area contributed by atoms with Gasteiger partial charge in [0.1, 0.15) is 0 Å². The van der Waals surface area contributed by atoms with E-state index in [4.69, 9.17) is 23.2 Å². The number of aryl methyl sites for hydroxylation is 1. The maximum atomic E-state index is 11.8. The normalized spacial score (nSPS) is 10.9. The fourth-order valence-electron chi connectivity index (χ4n) is 1.40. The van der Waals surface area contributed by atoms with Crippen LogP contribution < -0.4 is 5.56 Å². The van der Waals surface area contributed by atoms with Crippen molar-refractivity contribution in [3.05, 3.63) is 38.9 Å². The maximum absolute atomic E-state index is 11.8. The Morgan fingerprint density at radius 3 is 2.80 bits per heavy atom. The van der Waals surface area contributed by atoms with E-state index < -0.39 is 0 Å². The standard InChI is InChI=1S/C10H8Cl2N2O/c1-2-14-5-13-9-6(10(14)15)3-4-7(11)8(9)12/h3-5H,2H2,1H3. The monoisotopic (exact) mass is 242 g/mol. The van der Waals surface area contributed by atoms with E-state index in [2.05, 4.69) is 4.98 Å². The second kappa shape index (κ2) is 3.83. The SMILES string of the molecule is CCn1cnc2c(Cl)c(Cl)ccc2c1=O. The fourth-order valence-corrected chi connectivity index (χ4v) is 1.76. The third-order valence-electron chi connectivity index (χ3n) is 2.23. The first-order chi connectivity index (χ1) is 7.15. The Balaban J connectivity index is 2.92. The molecule has 0 atom stereocenters. The fraction of sp³-hybridized carbons (Fsp3) is 0.200. The first-order valence-corrected chi connectivity index (χ1v) is 5.24. The third-order valence-corrected chi connectivity index (χ3v) is 3.02. The summed E-state index contributed by atoms with van der Waals surface area (Å²) in [6, 6.07) is 3.25. The Labute approximate surface area is 96.3 Å². The highest BCUT2D eigenvalue weighted by Gasteiger charge is 2.08. The van der Waals surface area contributed by atoms with Crippen molar-refractivity contribution >= 4 is 34.1 Å². The molecule has 0 saturated carbocycles. The highest BCUT2D eigenvalue weighted by Crippen LogP contribution is 2.27. The molecule has 2 aromatic rings. The quantitative estimate of drug-likeness (QED) is 0.771. The van der Waals surface area contributed by atoms with Gasteiger partial charge in [0.2, 0.25) is 0 Å². The first-order valence-electron chi connectivity index (χ1n) is 4.48. The molecule has 0 N–H and O–H groups in total. The van der Waals surface area contributed by atoms with Gasteiger partial charge in [-0.25, -0.2) is 4.98 Å². The molecule has 1 aromatic carbocycles. The molecule has 2 rings (SSSR count). The molecule has 0 radical (unpaired) electrons. The lowest BCUT2D eigenvalue weighted by atomic mass is 10.2. The zero-order chi connectivity index (χ0) is 11.0. The lowest BCUT2D eigenvalue weighted by molar-refractivity contribution is 0.717. The summed E-state index contributed by atoms with van der Waals surface area (Å²) in [7, 11) is 0. The van der Waals surface area contributed by atoms with Crippen molar-refractivity contribution in [2.24, 2.45) is 0 Å². The molecule has 1 heterocycles. The van der Waals surface area contributed by atoms with Crippen molar-refractivity contribution in [3.8, 4) is 0 Å². The largest absolute Gasteiger partial charge is 0.299 e. The van der Waals surface area contributed by atoms with E-state index in [1.165, 1.54) is 10.9 Å². The first kappa shape index (κ1) is 10.5. The van der Waals surface area contributed by atoms with Gasteiger partial charge < -0.3 is 0 Å².